The first-order valence-corrected chi connectivity index (χ1v) is 11.2. The quantitative estimate of drug-likeness (QED) is 0.487. The monoisotopic (exact) mass is 430 g/mol. The van der Waals surface area contributed by atoms with Gasteiger partial charge in [-0.05, 0) is 89.8 Å². The summed E-state index contributed by atoms with van der Waals surface area (Å²) in [7, 11) is 0. The van der Waals surface area contributed by atoms with Gasteiger partial charge in [-0.2, -0.15) is 0 Å². The third-order valence-corrected chi connectivity index (χ3v) is 6.02. The van der Waals surface area contributed by atoms with E-state index in [1.54, 1.807) is 18.2 Å². The van der Waals surface area contributed by atoms with Gasteiger partial charge in [0.1, 0.15) is 18.1 Å². The van der Waals surface area contributed by atoms with Crippen molar-refractivity contribution in [2.45, 2.75) is 77.1 Å². The molecule has 1 fully saturated rings. The number of phenolic OH excluding ortho intramolecular Hbond substituents is 1. The molecule has 3 N–H and O–H groups in total. The molecule has 0 unspecified atom stereocenters. The molecule has 0 atom stereocenters. The number of aromatic hydroxyl groups is 1. The highest BCUT2D eigenvalue weighted by Gasteiger charge is 2.37. The van der Waals surface area contributed by atoms with Crippen LogP contribution in [0, 0.1) is 0 Å². The molecular formula is C25H35ClN2O2. The van der Waals surface area contributed by atoms with Crippen molar-refractivity contribution in [3.63, 3.8) is 0 Å². The molecule has 3 rings (SSSR count). The highest BCUT2D eigenvalue weighted by atomic mass is 35.5. The summed E-state index contributed by atoms with van der Waals surface area (Å²) in [6.45, 7) is 10.4. The second-order valence-corrected chi connectivity index (χ2v) is 10.1. The molecule has 4 nitrogen and oxygen atoms in total. The van der Waals surface area contributed by atoms with E-state index in [0.717, 1.165) is 38.0 Å². The van der Waals surface area contributed by atoms with E-state index < -0.39 is 0 Å². The molecule has 0 aromatic heterocycles. The van der Waals surface area contributed by atoms with Crippen LogP contribution in [0.25, 0.3) is 0 Å². The van der Waals surface area contributed by atoms with Crippen molar-refractivity contribution in [3.05, 3.63) is 58.6 Å². The molecule has 0 bridgehead atoms. The number of hydrogen-bond donors (Lipinski definition) is 3. The average Bonchev–Trinajstić information content (AvgIpc) is 2.63. The van der Waals surface area contributed by atoms with Crippen molar-refractivity contribution in [3.8, 4) is 11.5 Å². The Morgan fingerprint density at radius 1 is 1.07 bits per heavy atom. The lowest BCUT2D eigenvalue weighted by atomic mass is 9.79. The number of hydrogen-bond acceptors (Lipinski definition) is 4. The number of benzene rings is 2. The normalized spacial score (nSPS) is 18.3. The number of phenols is 1. The van der Waals surface area contributed by atoms with E-state index in [0.29, 0.717) is 16.6 Å². The van der Waals surface area contributed by atoms with Crippen molar-refractivity contribution in [1.82, 2.24) is 10.6 Å². The summed E-state index contributed by atoms with van der Waals surface area (Å²) in [5, 5.41) is 17.9. The van der Waals surface area contributed by atoms with Crippen LogP contribution in [0.5, 0.6) is 11.5 Å². The summed E-state index contributed by atoms with van der Waals surface area (Å²) >= 11 is 6.13. The number of rotatable bonds is 8. The molecule has 0 saturated carbocycles. The van der Waals surface area contributed by atoms with Crippen LogP contribution in [0.15, 0.2) is 42.5 Å². The molecule has 0 spiro atoms. The van der Waals surface area contributed by atoms with Gasteiger partial charge in [0.25, 0.3) is 0 Å². The molecular weight excluding hydrogens is 396 g/mol. The van der Waals surface area contributed by atoms with Crippen LogP contribution in [0.4, 0.5) is 0 Å². The molecule has 1 aliphatic heterocycles. The predicted octanol–water partition coefficient (Wildman–Crippen LogP) is 5.46. The van der Waals surface area contributed by atoms with Crippen LogP contribution < -0.4 is 15.4 Å². The Morgan fingerprint density at radius 2 is 1.73 bits per heavy atom. The van der Waals surface area contributed by atoms with E-state index >= 15 is 0 Å². The minimum absolute atomic E-state index is 0.159. The topological polar surface area (TPSA) is 53.5 Å². The number of nitrogens with one attached hydrogen (secondary N) is 2. The molecule has 1 aliphatic rings. The Hall–Kier alpha value is -1.75. The summed E-state index contributed by atoms with van der Waals surface area (Å²) in [6, 6.07) is 13.8. The van der Waals surface area contributed by atoms with Crippen molar-refractivity contribution >= 4 is 11.6 Å². The van der Waals surface area contributed by atoms with E-state index in [1.165, 1.54) is 5.56 Å². The summed E-state index contributed by atoms with van der Waals surface area (Å²) in [6.07, 6.45) is 4.46. The lowest BCUT2D eigenvalue weighted by molar-refractivity contribution is 0.146. The van der Waals surface area contributed by atoms with E-state index in [1.807, 2.05) is 12.1 Å². The summed E-state index contributed by atoms with van der Waals surface area (Å²) in [4.78, 5) is 0. The first-order chi connectivity index (χ1) is 14.1. The van der Waals surface area contributed by atoms with Gasteiger partial charge in [-0.3, -0.25) is 0 Å². The molecule has 2 aromatic rings. The Balaban J connectivity index is 1.42. The second-order valence-electron chi connectivity index (χ2n) is 9.73. The van der Waals surface area contributed by atoms with E-state index in [4.69, 9.17) is 16.3 Å². The number of ether oxygens (including phenoxy) is 1. The Morgan fingerprint density at radius 3 is 2.37 bits per heavy atom. The van der Waals surface area contributed by atoms with E-state index in [9.17, 15) is 5.11 Å². The van der Waals surface area contributed by atoms with Crippen molar-refractivity contribution in [1.29, 1.82) is 0 Å². The summed E-state index contributed by atoms with van der Waals surface area (Å²) < 4.78 is 5.79. The van der Waals surface area contributed by atoms with Crippen molar-refractivity contribution < 1.29 is 9.84 Å². The molecule has 0 radical (unpaired) electrons. The number of halogens is 1. The Labute approximate surface area is 186 Å². The molecule has 1 heterocycles. The zero-order valence-corrected chi connectivity index (χ0v) is 19.4. The van der Waals surface area contributed by atoms with Crippen LogP contribution in [-0.2, 0) is 13.0 Å². The molecule has 30 heavy (non-hydrogen) atoms. The maximum atomic E-state index is 9.91. The fraction of sp³-hybridized carbons (Fsp3) is 0.520. The van der Waals surface area contributed by atoms with Gasteiger partial charge >= 0.3 is 0 Å². The van der Waals surface area contributed by atoms with Gasteiger partial charge in [-0.1, -0.05) is 29.8 Å². The van der Waals surface area contributed by atoms with Crippen LogP contribution in [0.3, 0.4) is 0 Å². The van der Waals surface area contributed by atoms with E-state index in [2.05, 4.69) is 50.5 Å². The summed E-state index contributed by atoms with van der Waals surface area (Å²) in [5.74, 6) is 0.933. The first kappa shape index (κ1) is 22.9. The van der Waals surface area contributed by atoms with Gasteiger partial charge in [0.05, 0.1) is 5.02 Å². The fourth-order valence-corrected chi connectivity index (χ4v) is 4.89. The minimum Gasteiger partial charge on any atom is -0.507 e. The first-order valence-electron chi connectivity index (χ1n) is 10.8. The maximum Gasteiger partial charge on any atom is 0.123 e. The molecule has 5 heteroatoms. The van der Waals surface area contributed by atoms with Gasteiger partial charge < -0.3 is 20.5 Å². The van der Waals surface area contributed by atoms with Crippen LogP contribution in [-0.4, -0.2) is 28.8 Å². The minimum atomic E-state index is 0.159. The largest absolute Gasteiger partial charge is 0.507 e. The standard InChI is InChI=1S/C25H35ClN2O2/c1-24(2)15-19(16-25(3,4)28-24)27-14-6-7-18-10-12-20(13-11-18)30-17-21-22(26)8-5-9-23(21)29/h5,8-13,19,27-29H,6-7,14-17H2,1-4H3. The van der Waals surface area contributed by atoms with Gasteiger partial charge in [-0.25, -0.2) is 0 Å². The molecule has 2 aromatic carbocycles. The van der Waals surface area contributed by atoms with Crippen molar-refractivity contribution in [2.24, 2.45) is 0 Å². The summed E-state index contributed by atoms with van der Waals surface area (Å²) in [5.41, 5.74) is 2.26. The zero-order chi connectivity index (χ0) is 21.8. The lowest BCUT2D eigenvalue weighted by Crippen LogP contribution is -2.61. The molecule has 164 valence electrons. The highest BCUT2D eigenvalue weighted by molar-refractivity contribution is 6.31. The third-order valence-electron chi connectivity index (χ3n) is 5.67. The zero-order valence-electron chi connectivity index (χ0n) is 18.6. The van der Waals surface area contributed by atoms with Crippen molar-refractivity contribution in [2.75, 3.05) is 6.54 Å². The van der Waals surface area contributed by atoms with Crippen LogP contribution in [0.1, 0.15) is 58.1 Å². The number of aryl methyl sites for hydroxylation is 1. The fourth-order valence-electron chi connectivity index (χ4n) is 4.66. The number of piperidine rings is 1. The van der Waals surface area contributed by atoms with Gasteiger partial charge in [-0.15, -0.1) is 0 Å². The van der Waals surface area contributed by atoms with Gasteiger partial charge in [0.15, 0.2) is 0 Å². The third kappa shape index (κ3) is 6.63. The molecule has 1 saturated heterocycles. The van der Waals surface area contributed by atoms with E-state index in [-0.39, 0.29) is 23.4 Å². The van der Waals surface area contributed by atoms with Crippen LogP contribution in [0.2, 0.25) is 5.02 Å². The second kappa shape index (κ2) is 9.59. The predicted molar refractivity (Wildman–Crippen MR) is 125 cm³/mol. The highest BCUT2D eigenvalue weighted by Crippen LogP contribution is 2.29. The molecule has 0 amide bonds. The Kier molecular flexibility index (Phi) is 7.33. The van der Waals surface area contributed by atoms with Crippen LogP contribution >= 0.6 is 11.6 Å². The SMILES string of the molecule is CC1(C)CC(NCCCc2ccc(OCc3c(O)cccc3Cl)cc2)CC(C)(C)N1. The van der Waals surface area contributed by atoms with Gasteiger partial charge in [0.2, 0.25) is 0 Å². The lowest BCUT2D eigenvalue weighted by Gasteiger charge is -2.46. The molecule has 0 aliphatic carbocycles. The maximum absolute atomic E-state index is 9.91. The van der Waals surface area contributed by atoms with Gasteiger partial charge in [0, 0.05) is 22.7 Å². The smallest absolute Gasteiger partial charge is 0.123 e. The average molecular weight is 431 g/mol. The Bertz CT molecular complexity index is 797.